The highest BCUT2D eigenvalue weighted by molar-refractivity contribution is 5.69. The number of ether oxygens (including phenoxy) is 1. The molecule has 0 aromatic rings. The van der Waals surface area contributed by atoms with Crippen molar-refractivity contribution in [2.75, 3.05) is 13.2 Å². The fraction of sp³-hybridized carbons (Fsp3) is 0.833. The van der Waals surface area contributed by atoms with E-state index in [0.717, 1.165) is 0 Å². The van der Waals surface area contributed by atoms with E-state index in [1.165, 1.54) is 0 Å². The Morgan fingerprint density at radius 2 is 2.22 bits per heavy atom. The first-order valence-corrected chi connectivity index (χ1v) is 3.05. The molecule has 9 heavy (non-hydrogen) atoms. The lowest BCUT2D eigenvalue weighted by Gasteiger charge is -1.97. The Bertz CT molecular complexity index is 80.4. The molecule has 0 aliphatic carbocycles. The third-order valence-corrected chi connectivity index (χ3v) is 0.831. The van der Waals surface area contributed by atoms with Crippen LogP contribution in [0.5, 0.6) is 0 Å². The minimum atomic E-state index is -0.270. The molecule has 0 bridgehead atoms. The van der Waals surface area contributed by atoms with Gasteiger partial charge in [0.15, 0.2) is 0 Å². The summed E-state index contributed by atoms with van der Waals surface area (Å²) in [5.41, 5.74) is 0. The van der Waals surface area contributed by atoms with Crippen molar-refractivity contribution < 1.29 is 14.6 Å². The number of rotatable bonds is 4. The van der Waals surface area contributed by atoms with Crippen molar-refractivity contribution in [1.29, 1.82) is 0 Å². The van der Waals surface area contributed by atoms with Gasteiger partial charge in [0.2, 0.25) is 0 Å². The zero-order valence-electron chi connectivity index (χ0n) is 5.55. The van der Waals surface area contributed by atoms with Crippen LogP contribution in [0.4, 0.5) is 0 Å². The third-order valence-electron chi connectivity index (χ3n) is 0.831. The van der Waals surface area contributed by atoms with Crippen LogP contribution >= 0.6 is 0 Å². The van der Waals surface area contributed by atoms with E-state index < -0.39 is 0 Å². The summed E-state index contributed by atoms with van der Waals surface area (Å²) < 4.78 is 4.57. The van der Waals surface area contributed by atoms with E-state index in [-0.39, 0.29) is 19.0 Å². The predicted octanol–water partition coefficient (Wildman–Crippen LogP) is 0.760. The maximum Gasteiger partial charge on any atom is 0.305 e. The Kier molecular flexibility index (Phi) is 5.21. The maximum absolute atomic E-state index is 10.4. The van der Waals surface area contributed by atoms with Crippen molar-refractivity contribution in [2.45, 2.75) is 19.8 Å². The van der Waals surface area contributed by atoms with Crippen molar-refractivity contribution in [1.82, 2.24) is 0 Å². The van der Waals surface area contributed by atoms with Gasteiger partial charge in [-0.15, -0.1) is 0 Å². The van der Waals surface area contributed by atoms with Gasteiger partial charge in [0.05, 0.1) is 13.2 Å². The zero-order valence-corrected chi connectivity index (χ0v) is 5.55. The summed E-state index contributed by atoms with van der Waals surface area (Å²) >= 11 is 0. The average molecular weight is 131 g/mol. The molecule has 0 aliphatic rings. The number of hydrogen-bond donors (Lipinski definition) is 0. The highest BCUT2D eigenvalue weighted by Gasteiger charge is 1.98. The van der Waals surface area contributed by atoms with Gasteiger partial charge in [-0.3, -0.25) is 4.79 Å². The molecule has 0 atom stereocenters. The smallest absolute Gasteiger partial charge is 0.305 e. The van der Waals surface area contributed by atoms with Crippen molar-refractivity contribution in [3.8, 4) is 0 Å². The van der Waals surface area contributed by atoms with Crippen LogP contribution in [0.15, 0.2) is 0 Å². The van der Waals surface area contributed by atoms with E-state index in [9.17, 15) is 9.90 Å². The van der Waals surface area contributed by atoms with E-state index in [1.54, 1.807) is 6.92 Å². The van der Waals surface area contributed by atoms with E-state index in [0.29, 0.717) is 13.0 Å². The molecule has 1 radical (unpaired) electrons. The van der Waals surface area contributed by atoms with Crippen LogP contribution in [0.25, 0.3) is 0 Å². The standard InChI is InChI=1S/C6H11O3/c1-2-9-6(8)4-3-5-7/h2-5H2,1H3. The summed E-state index contributed by atoms with van der Waals surface area (Å²) in [6.07, 6.45) is 0.649. The van der Waals surface area contributed by atoms with Gasteiger partial charge in [-0.2, -0.15) is 0 Å². The van der Waals surface area contributed by atoms with Crippen molar-refractivity contribution >= 4 is 5.97 Å². The molecular formula is C6H11O3. The Morgan fingerprint density at radius 3 is 2.67 bits per heavy atom. The van der Waals surface area contributed by atoms with Crippen LogP contribution < -0.4 is 0 Å². The molecule has 0 rings (SSSR count). The Balaban J connectivity index is 3.06. The molecular weight excluding hydrogens is 120 g/mol. The molecule has 53 valence electrons. The number of hydrogen-bond acceptors (Lipinski definition) is 2. The van der Waals surface area contributed by atoms with Crippen LogP contribution in [-0.2, 0) is 14.6 Å². The van der Waals surface area contributed by atoms with Gasteiger partial charge in [-0.25, -0.2) is 5.11 Å². The summed E-state index contributed by atoms with van der Waals surface area (Å²) in [6.45, 7) is 1.95. The first kappa shape index (κ1) is 8.43. The quantitative estimate of drug-likeness (QED) is 0.529. The molecule has 0 heterocycles. The van der Waals surface area contributed by atoms with Crippen LogP contribution in [0.2, 0.25) is 0 Å². The number of carbonyl (C=O) groups excluding carboxylic acids is 1. The lowest BCUT2D eigenvalue weighted by atomic mass is 10.3. The topological polar surface area (TPSA) is 46.2 Å². The number of carbonyl (C=O) groups is 1. The van der Waals surface area contributed by atoms with Gasteiger partial charge in [-0.05, 0) is 13.3 Å². The van der Waals surface area contributed by atoms with E-state index in [1.807, 2.05) is 0 Å². The summed E-state index contributed by atoms with van der Waals surface area (Å²) in [5, 5.41) is 9.83. The fourth-order valence-corrected chi connectivity index (χ4v) is 0.450. The van der Waals surface area contributed by atoms with Crippen LogP contribution in [0, 0.1) is 0 Å². The number of esters is 1. The van der Waals surface area contributed by atoms with Gasteiger partial charge in [0.1, 0.15) is 0 Å². The van der Waals surface area contributed by atoms with Gasteiger partial charge in [0.25, 0.3) is 0 Å². The lowest BCUT2D eigenvalue weighted by molar-refractivity contribution is -0.143. The van der Waals surface area contributed by atoms with Crippen LogP contribution in [-0.4, -0.2) is 19.2 Å². The largest absolute Gasteiger partial charge is 0.466 e. The summed E-state index contributed by atoms with van der Waals surface area (Å²) in [5.74, 6) is -0.270. The highest BCUT2D eigenvalue weighted by Crippen LogP contribution is 1.90. The second kappa shape index (κ2) is 5.56. The Hall–Kier alpha value is -0.570. The molecule has 0 aliphatic heterocycles. The molecule has 0 N–H and O–H groups in total. The molecule has 3 nitrogen and oxygen atoms in total. The van der Waals surface area contributed by atoms with Crippen molar-refractivity contribution in [3.63, 3.8) is 0 Å². The summed E-state index contributed by atoms with van der Waals surface area (Å²) in [6, 6.07) is 0. The maximum atomic E-state index is 10.4. The molecule has 0 aromatic carbocycles. The monoisotopic (exact) mass is 131 g/mol. The molecule has 0 spiro atoms. The Labute approximate surface area is 54.6 Å². The molecule has 0 unspecified atom stereocenters. The lowest BCUT2D eigenvalue weighted by Crippen LogP contribution is -2.03. The minimum Gasteiger partial charge on any atom is -0.466 e. The van der Waals surface area contributed by atoms with Crippen LogP contribution in [0.1, 0.15) is 19.8 Å². The van der Waals surface area contributed by atoms with Gasteiger partial charge in [0, 0.05) is 6.42 Å². The van der Waals surface area contributed by atoms with Crippen molar-refractivity contribution in [2.24, 2.45) is 0 Å². The van der Waals surface area contributed by atoms with E-state index in [4.69, 9.17) is 0 Å². The van der Waals surface area contributed by atoms with Gasteiger partial charge in [-0.1, -0.05) is 0 Å². The molecule has 0 saturated heterocycles. The summed E-state index contributed by atoms with van der Waals surface area (Å²) in [4.78, 5) is 10.4. The Morgan fingerprint density at radius 1 is 1.56 bits per heavy atom. The fourth-order valence-electron chi connectivity index (χ4n) is 0.450. The third kappa shape index (κ3) is 5.30. The SMILES string of the molecule is CCOC(=O)CCC[O]. The molecule has 0 aromatic heterocycles. The van der Waals surface area contributed by atoms with E-state index in [2.05, 4.69) is 4.74 Å². The molecule has 3 heteroatoms. The van der Waals surface area contributed by atoms with Crippen LogP contribution in [0.3, 0.4) is 0 Å². The van der Waals surface area contributed by atoms with E-state index >= 15 is 0 Å². The first-order valence-electron chi connectivity index (χ1n) is 3.05. The second-order valence-corrected chi connectivity index (χ2v) is 1.61. The molecule has 0 saturated carbocycles. The molecule has 0 amide bonds. The predicted molar refractivity (Wildman–Crippen MR) is 31.4 cm³/mol. The average Bonchev–Trinajstić information content (AvgIpc) is 1.85. The minimum absolute atomic E-state index is 0.196. The normalized spacial score (nSPS) is 9.11. The van der Waals surface area contributed by atoms with Gasteiger partial charge < -0.3 is 4.74 Å². The molecule has 0 fully saturated rings. The first-order chi connectivity index (χ1) is 4.31. The zero-order chi connectivity index (χ0) is 7.11. The summed E-state index contributed by atoms with van der Waals surface area (Å²) in [7, 11) is 0. The van der Waals surface area contributed by atoms with Crippen molar-refractivity contribution in [3.05, 3.63) is 0 Å². The second-order valence-electron chi connectivity index (χ2n) is 1.61. The highest BCUT2D eigenvalue weighted by atomic mass is 16.5. The van der Waals surface area contributed by atoms with Gasteiger partial charge >= 0.3 is 5.97 Å².